The number of unbranched alkanes of at least 4 members (excludes halogenated alkanes) is 1. The largest absolute Gasteiger partial charge is 0.351 e. The lowest BCUT2D eigenvalue weighted by atomic mass is 10.3. The van der Waals surface area contributed by atoms with Gasteiger partial charge in [-0.3, -0.25) is 0 Å². The van der Waals surface area contributed by atoms with Gasteiger partial charge < -0.3 is 10.3 Å². The summed E-state index contributed by atoms with van der Waals surface area (Å²) in [5.41, 5.74) is 2.15. The number of hydrogen-bond donors (Lipinski definition) is 2. The van der Waals surface area contributed by atoms with Crippen molar-refractivity contribution in [3.8, 4) is 0 Å². The van der Waals surface area contributed by atoms with E-state index in [1.54, 1.807) is 0 Å². The molecule has 0 aliphatic heterocycles. The van der Waals surface area contributed by atoms with Gasteiger partial charge >= 0.3 is 0 Å². The molecule has 1 aliphatic rings. The van der Waals surface area contributed by atoms with E-state index in [2.05, 4.69) is 17.3 Å². The number of nitrogens with two attached hydrogens (primary N) is 1. The first-order valence-electron chi connectivity index (χ1n) is 6.26. The van der Waals surface area contributed by atoms with Crippen LogP contribution in [-0.2, 0) is 0 Å². The third-order valence-electron chi connectivity index (χ3n) is 3.06. The number of nitrogen functional groups attached to an aromatic ring is 1. The highest BCUT2D eigenvalue weighted by Gasteiger charge is 2.31. The van der Waals surface area contributed by atoms with Gasteiger partial charge in [-0.2, -0.15) is 0 Å². The Kier molecular flexibility index (Phi) is 3.96. The smallest absolute Gasteiger partial charge is 0.178 e. The molecule has 18 heavy (non-hydrogen) atoms. The Morgan fingerprint density at radius 3 is 2.72 bits per heavy atom. The van der Waals surface area contributed by atoms with Crippen LogP contribution in [0.5, 0.6) is 0 Å². The van der Waals surface area contributed by atoms with Crippen molar-refractivity contribution in [3.63, 3.8) is 0 Å². The fourth-order valence-corrected chi connectivity index (χ4v) is 1.94. The molecular weight excluding hydrogens is 238 g/mol. The molecule has 0 atom stereocenters. The molecule has 0 aromatic carbocycles. The van der Waals surface area contributed by atoms with Crippen LogP contribution in [0.4, 0.5) is 20.4 Å². The zero-order chi connectivity index (χ0) is 13.1. The lowest BCUT2D eigenvalue weighted by Gasteiger charge is -2.24. The normalized spacial score (nSPS) is 14.7. The van der Waals surface area contributed by atoms with Crippen LogP contribution in [0.3, 0.4) is 0 Å². The number of anilines is 2. The molecular formula is C12H18F2N4. The summed E-state index contributed by atoms with van der Waals surface area (Å²) in [5.74, 6) is 3.84. The molecule has 100 valence electrons. The number of nitrogens with zero attached hydrogens (tertiary/aromatic N) is 2. The Morgan fingerprint density at radius 2 is 2.17 bits per heavy atom. The molecule has 0 unspecified atom stereocenters. The lowest BCUT2D eigenvalue weighted by Crippen LogP contribution is -2.29. The first-order chi connectivity index (χ1) is 8.67. The average molecular weight is 256 g/mol. The summed E-state index contributed by atoms with van der Waals surface area (Å²) < 4.78 is 27.1. The second kappa shape index (κ2) is 5.48. The Labute approximate surface area is 105 Å². The molecule has 6 heteroatoms. The monoisotopic (exact) mass is 256 g/mol. The zero-order valence-corrected chi connectivity index (χ0v) is 10.4. The average Bonchev–Trinajstić information content (AvgIpc) is 3.16. The molecule has 0 bridgehead atoms. The van der Waals surface area contributed by atoms with Crippen molar-refractivity contribution in [1.29, 1.82) is 0 Å². The predicted molar refractivity (Wildman–Crippen MR) is 67.2 cm³/mol. The number of rotatable bonds is 6. The highest BCUT2D eigenvalue weighted by Crippen LogP contribution is 2.33. The van der Waals surface area contributed by atoms with E-state index in [4.69, 9.17) is 5.84 Å². The maximum atomic E-state index is 13.8. The second-order valence-corrected chi connectivity index (χ2v) is 4.55. The van der Waals surface area contributed by atoms with Crippen molar-refractivity contribution in [3.05, 3.63) is 17.7 Å². The van der Waals surface area contributed by atoms with Gasteiger partial charge in [-0.05, 0) is 19.3 Å². The number of hydrazine groups is 1. The van der Waals surface area contributed by atoms with Crippen LogP contribution in [0, 0.1) is 11.6 Å². The minimum Gasteiger partial charge on any atom is -0.351 e. The highest BCUT2D eigenvalue weighted by atomic mass is 19.1. The van der Waals surface area contributed by atoms with Crippen LogP contribution in [0.1, 0.15) is 32.6 Å². The van der Waals surface area contributed by atoms with Crippen LogP contribution in [0.2, 0.25) is 0 Å². The van der Waals surface area contributed by atoms with E-state index in [1.807, 2.05) is 4.90 Å². The maximum absolute atomic E-state index is 13.8. The third kappa shape index (κ3) is 2.69. The fraction of sp³-hybridized carbons (Fsp3) is 0.583. The highest BCUT2D eigenvalue weighted by molar-refractivity contribution is 5.50. The number of hydrogen-bond acceptors (Lipinski definition) is 4. The second-order valence-electron chi connectivity index (χ2n) is 4.55. The Hall–Kier alpha value is -1.43. The van der Waals surface area contributed by atoms with Gasteiger partial charge in [-0.15, -0.1) is 0 Å². The van der Waals surface area contributed by atoms with Gasteiger partial charge in [0.2, 0.25) is 0 Å². The summed E-state index contributed by atoms with van der Waals surface area (Å²) in [5, 5.41) is 0. The quantitative estimate of drug-likeness (QED) is 0.606. The molecule has 1 saturated carbocycles. The van der Waals surface area contributed by atoms with Crippen LogP contribution < -0.4 is 16.2 Å². The summed E-state index contributed by atoms with van der Waals surface area (Å²) >= 11 is 0. The molecule has 0 amide bonds. The lowest BCUT2D eigenvalue weighted by molar-refractivity contribution is 0.565. The van der Waals surface area contributed by atoms with Crippen molar-refractivity contribution >= 4 is 11.6 Å². The molecule has 4 nitrogen and oxygen atoms in total. The van der Waals surface area contributed by atoms with Gasteiger partial charge in [0.25, 0.3) is 0 Å². The molecule has 1 aliphatic carbocycles. The summed E-state index contributed by atoms with van der Waals surface area (Å²) in [6.45, 7) is 2.81. The van der Waals surface area contributed by atoms with E-state index in [-0.39, 0.29) is 11.6 Å². The Balaban J connectivity index is 2.28. The van der Waals surface area contributed by atoms with Crippen LogP contribution in [0.15, 0.2) is 6.07 Å². The van der Waals surface area contributed by atoms with Crippen molar-refractivity contribution in [2.45, 2.75) is 38.6 Å². The SMILES string of the molecule is CCCCN(c1nc(NN)c(F)cc1F)C1CC1. The van der Waals surface area contributed by atoms with E-state index in [9.17, 15) is 8.78 Å². The summed E-state index contributed by atoms with van der Waals surface area (Å²) in [7, 11) is 0. The van der Waals surface area contributed by atoms with Crippen molar-refractivity contribution in [2.24, 2.45) is 5.84 Å². The van der Waals surface area contributed by atoms with Crippen molar-refractivity contribution < 1.29 is 8.78 Å². The summed E-state index contributed by atoms with van der Waals surface area (Å²) in [4.78, 5) is 5.86. The fourth-order valence-electron chi connectivity index (χ4n) is 1.94. The van der Waals surface area contributed by atoms with E-state index in [1.165, 1.54) is 0 Å². The number of halogens is 2. The van der Waals surface area contributed by atoms with Gasteiger partial charge in [-0.1, -0.05) is 13.3 Å². The van der Waals surface area contributed by atoms with Crippen molar-refractivity contribution in [1.82, 2.24) is 4.98 Å². The van der Waals surface area contributed by atoms with Crippen LogP contribution in [0.25, 0.3) is 0 Å². The number of nitrogens with one attached hydrogen (secondary N) is 1. The molecule has 1 fully saturated rings. The first kappa shape index (κ1) is 13.0. The maximum Gasteiger partial charge on any atom is 0.178 e. The zero-order valence-electron chi connectivity index (χ0n) is 10.4. The molecule has 1 heterocycles. The minimum atomic E-state index is -0.773. The summed E-state index contributed by atoms with van der Waals surface area (Å²) in [6, 6.07) is 1.16. The molecule has 1 aromatic heterocycles. The van der Waals surface area contributed by atoms with Gasteiger partial charge in [0.15, 0.2) is 23.3 Å². The molecule has 0 spiro atoms. The topological polar surface area (TPSA) is 54.2 Å². The van der Waals surface area contributed by atoms with E-state index < -0.39 is 11.6 Å². The number of pyridine rings is 1. The molecule has 0 saturated heterocycles. The van der Waals surface area contributed by atoms with E-state index >= 15 is 0 Å². The molecule has 3 N–H and O–H groups in total. The summed E-state index contributed by atoms with van der Waals surface area (Å²) in [6.07, 6.45) is 4.05. The van der Waals surface area contributed by atoms with E-state index in [0.29, 0.717) is 6.04 Å². The Bertz CT molecular complexity index is 421. The predicted octanol–water partition coefficient (Wildman–Crippen LogP) is 2.41. The Morgan fingerprint density at radius 1 is 1.44 bits per heavy atom. The standard InChI is InChI=1S/C12H18F2N4/c1-2-3-6-18(8-4-5-8)12-10(14)7-9(13)11(16-12)17-15/h7-8H,2-6,15H2,1H3,(H,16,17). The number of aromatic nitrogens is 1. The van der Waals surface area contributed by atoms with Gasteiger partial charge in [-0.25, -0.2) is 19.6 Å². The molecule has 0 radical (unpaired) electrons. The molecule has 1 aromatic rings. The van der Waals surface area contributed by atoms with Gasteiger partial charge in [0, 0.05) is 18.7 Å². The van der Waals surface area contributed by atoms with E-state index in [0.717, 1.165) is 38.3 Å². The van der Waals surface area contributed by atoms with Gasteiger partial charge in [0.05, 0.1) is 0 Å². The van der Waals surface area contributed by atoms with Crippen LogP contribution in [-0.4, -0.2) is 17.6 Å². The molecule has 2 rings (SSSR count). The van der Waals surface area contributed by atoms with Crippen LogP contribution >= 0.6 is 0 Å². The minimum absolute atomic E-state index is 0.117. The van der Waals surface area contributed by atoms with Crippen molar-refractivity contribution in [2.75, 3.05) is 16.9 Å². The third-order valence-corrected chi connectivity index (χ3v) is 3.06. The van der Waals surface area contributed by atoms with Gasteiger partial charge in [0.1, 0.15) is 0 Å². The first-order valence-corrected chi connectivity index (χ1v) is 6.26.